The summed E-state index contributed by atoms with van der Waals surface area (Å²) in [5.41, 5.74) is 1.22. The van der Waals surface area contributed by atoms with Crippen molar-refractivity contribution in [2.45, 2.75) is 45.6 Å². The smallest absolute Gasteiger partial charge is 0.122 e. The van der Waals surface area contributed by atoms with E-state index in [1.165, 1.54) is 12.0 Å². The van der Waals surface area contributed by atoms with Crippen LogP contribution in [0.4, 0.5) is 0 Å². The van der Waals surface area contributed by atoms with Crippen molar-refractivity contribution in [3.63, 3.8) is 0 Å². The molecule has 0 aliphatic heterocycles. The highest BCUT2D eigenvalue weighted by Gasteiger charge is 2.09. The number of ether oxygens (including phenoxy) is 2. The summed E-state index contributed by atoms with van der Waals surface area (Å²) in [5, 5.41) is 3.58. The largest absolute Gasteiger partial charge is 0.497 e. The number of hydrogen-bond acceptors (Lipinski definition) is 3. The molecule has 0 saturated heterocycles. The predicted octanol–water partition coefficient (Wildman–Crippen LogP) is 3.41. The van der Waals surface area contributed by atoms with Gasteiger partial charge in [0.05, 0.1) is 14.2 Å². The molecule has 3 heteroatoms. The molecule has 3 nitrogen and oxygen atoms in total. The molecule has 1 N–H and O–H groups in total. The van der Waals surface area contributed by atoms with Crippen LogP contribution in [-0.2, 0) is 6.42 Å². The Bertz CT molecular complexity index is 366. The van der Waals surface area contributed by atoms with Crippen LogP contribution in [0.5, 0.6) is 11.5 Å². The van der Waals surface area contributed by atoms with Crippen LogP contribution in [0.15, 0.2) is 18.2 Å². The van der Waals surface area contributed by atoms with Crippen molar-refractivity contribution in [2.75, 3.05) is 20.8 Å². The van der Waals surface area contributed by atoms with Crippen LogP contribution in [0, 0.1) is 0 Å². The molecule has 0 fully saturated rings. The normalized spacial score (nSPS) is 12.2. The Balaban J connectivity index is 2.63. The summed E-state index contributed by atoms with van der Waals surface area (Å²) >= 11 is 0. The first kappa shape index (κ1) is 15.8. The van der Waals surface area contributed by atoms with E-state index in [0.717, 1.165) is 37.3 Å². The highest BCUT2D eigenvalue weighted by atomic mass is 16.5. The summed E-state index contributed by atoms with van der Waals surface area (Å²) in [6.07, 6.45) is 4.47. The second-order valence-corrected chi connectivity index (χ2v) is 4.78. The molecule has 19 heavy (non-hydrogen) atoms. The van der Waals surface area contributed by atoms with E-state index in [-0.39, 0.29) is 0 Å². The molecular formula is C16H27NO2. The maximum atomic E-state index is 5.42. The second kappa shape index (κ2) is 8.81. The van der Waals surface area contributed by atoms with Crippen molar-refractivity contribution in [3.05, 3.63) is 23.8 Å². The molecule has 0 bridgehead atoms. The highest BCUT2D eigenvalue weighted by molar-refractivity contribution is 5.40. The zero-order valence-electron chi connectivity index (χ0n) is 12.7. The Morgan fingerprint density at radius 2 is 1.95 bits per heavy atom. The molecule has 0 aliphatic carbocycles. The molecule has 0 radical (unpaired) electrons. The number of rotatable bonds is 9. The van der Waals surface area contributed by atoms with Crippen molar-refractivity contribution in [1.82, 2.24) is 5.32 Å². The van der Waals surface area contributed by atoms with E-state index in [1.807, 2.05) is 12.1 Å². The van der Waals surface area contributed by atoms with Gasteiger partial charge in [-0.05, 0) is 56.0 Å². The third-order valence-corrected chi connectivity index (χ3v) is 3.43. The van der Waals surface area contributed by atoms with Crippen LogP contribution < -0.4 is 14.8 Å². The van der Waals surface area contributed by atoms with Crippen molar-refractivity contribution in [2.24, 2.45) is 0 Å². The lowest BCUT2D eigenvalue weighted by molar-refractivity contribution is 0.395. The molecule has 1 atom stereocenters. The second-order valence-electron chi connectivity index (χ2n) is 4.78. The number of benzene rings is 1. The molecular weight excluding hydrogens is 238 g/mol. The summed E-state index contributed by atoms with van der Waals surface area (Å²) in [5.74, 6) is 1.84. The quantitative estimate of drug-likeness (QED) is 0.742. The minimum Gasteiger partial charge on any atom is -0.497 e. The molecule has 0 aliphatic rings. The Hall–Kier alpha value is -1.22. The SMILES string of the molecule is CCCNC(CC)CCc1cc(OC)ccc1OC. The van der Waals surface area contributed by atoms with Gasteiger partial charge in [-0.15, -0.1) is 0 Å². The van der Waals surface area contributed by atoms with Crippen LogP contribution in [0.1, 0.15) is 38.7 Å². The van der Waals surface area contributed by atoms with Gasteiger partial charge in [0.2, 0.25) is 0 Å². The molecule has 0 spiro atoms. The predicted molar refractivity (Wildman–Crippen MR) is 80.2 cm³/mol. The average molecular weight is 265 g/mol. The van der Waals surface area contributed by atoms with Gasteiger partial charge in [-0.25, -0.2) is 0 Å². The standard InChI is InChI=1S/C16H27NO2/c1-5-11-17-14(6-2)8-7-13-12-15(18-3)9-10-16(13)19-4/h9-10,12,14,17H,5-8,11H2,1-4H3. The third kappa shape index (κ3) is 5.11. The maximum Gasteiger partial charge on any atom is 0.122 e. The van der Waals surface area contributed by atoms with E-state index in [9.17, 15) is 0 Å². The third-order valence-electron chi connectivity index (χ3n) is 3.43. The fraction of sp³-hybridized carbons (Fsp3) is 0.625. The van der Waals surface area contributed by atoms with Crippen molar-refractivity contribution < 1.29 is 9.47 Å². The topological polar surface area (TPSA) is 30.5 Å². The summed E-state index contributed by atoms with van der Waals surface area (Å²) in [7, 11) is 3.42. The first-order valence-corrected chi connectivity index (χ1v) is 7.19. The zero-order valence-corrected chi connectivity index (χ0v) is 12.7. The van der Waals surface area contributed by atoms with Gasteiger partial charge in [0.1, 0.15) is 11.5 Å². The molecule has 108 valence electrons. The van der Waals surface area contributed by atoms with Gasteiger partial charge >= 0.3 is 0 Å². The highest BCUT2D eigenvalue weighted by Crippen LogP contribution is 2.25. The van der Waals surface area contributed by atoms with E-state index in [1.54, 1.807) is 14.2 Å². The lowest BCUT2D eigenvalue weighted by Crippen LogP contribution is -2.29. The Morgan fingerprint density at radius 3 is 2.53 bits per heavy atom. The minimum absolute atomic E-state index is 0.579. The first-order chi connectivity index (χ1) is 9.24. The van der Waals surface area contributed by atoms with E-state index < -0.39 is 0 Å². The zero-order chi connectivity index (χ0) is 14.1. The van der Waals surface area contributed by atoms with E-state index >= 15 is 0 Å². The molecule has 1 unspecified atom stereocenters. The van der Waals surface area contributed by atoms with Crippen LogP contribution >= 0.6 is 0 Å². The van der Waals surface area contributed by atoms with Gasteiger partial charge in [-0.2, -0.15) is 0 Å². The maximum absolute atomic E-state index is 5.42. The number of hydrogen-bond donors (Lipinski definition) is 1. The molecule has 1 aromatic carbocycles. The molecule has 0 saturated carbocycles. The van der Waals surface area contributed by atoms with Crippen LogP contribution in [-0.4, -0.2) is 26.8 Å². The molecule has 0 aromatic heterocycles. The number of nitrogens with one attached hydrogen (secondary N) is 1. The van der Waals surface area contributed by atoms with Gasteiger partial charge in [0, 0.05) is 6.04 Å². The fourth-order valence-electron chi connectivity index (χ4n) is 2.21. The van der Waals surface area contributed by atoms with Crippen molar-refractivity contribution >= 4 is 0 Å². The fourth-order valence-corrected chi connectivity index (χ4v) is 2.21. The summed E-state index contributed by atoms with van der Waals surface area (Å²) < 4.78 is 10.7. The van der Waals surface area contributed by atoms with Gasteiger partial charge in [-0.1, -0.05) is 13.8 Å². The van der Waals surface area contributed by atoms with Crippen molar-refractivity contribution in [1.29, 1.82) is 0 Å². The summed E-state index contributed by atoms with van der Waals surface area (Å²) in [6, 6.07) is 6.57. The lowest BCUT2D eigenvalue weighted by Gasteiger charge is -2.17. The van der Waals surface area contributed by atoms with E-state index in [0.29, 0.717) is 6.04 Å². The first-order valence-electron chi connectivity index (χ1n) is 7.19. The minimum atomic E-state index is 0.579. The van der Waals surface area contributed by atoms with Crippen LogP contribution in [0.3, 0.4) is 0 Å². The number of methoxy groups -OCH3 is 2. The molecule has 1 aromatic rings. The van der Waals surface area contributed by atoms with E-state index in [2.05, 4.69) is 25.2 Å². The van der Waals surface area contributed by atoms with Gasteiger partial charge in [0.15, 0.2) is 0 Å². The monoisotopic (exact) mass is 265 g/mol. The average Bonchev–Trinajstić information content (AvgIpc) is 2.47. The lowest BCUT2D eigenvalue weighted by atomic mass is 10.0. The van der Waals surface area contributed by atoms with Gasteiger partial charge in [-0.3, -0.25) is 0 Å². The Morgan fingerprint density at radius 1 is 1.16 bits per heavy atom. The number of aryl methyl sites for hydroxylation is 1. The Labute approximate surface area is 117 Å². The summed E-state index contributed by atoms with van der Waals surface area (Å²) in [6.45, 7) is 5.52. The van der Waals surface area contributed by atoms with Crippen LogP contribution in [0.25, 0.3) is 0 Å². The molecule has 1 rings (SSSR count). The van der Waals surface area contributed by atoms with Crippen molar-refractivity contribution in [3.8, 4) is 11.5 Å². The summed E-state index contributed by atoms with van der Waals surface area (Å²) in [4.78, 5) is 0. The molecule has 0 heterocycles. The van der Waals surface area contributed by atoms with Crippen LogP contribution in [0.2, 0.25) is 0 Å². The van der Waals surface area contributed by atoms with E-state index in [4.69, 9.17) is 9.47 Å². The van der Waals surface area contributed by atoms with Gasteiger partial charge in [0.25, 0.3) is 0 Å². The molecule has 0 amide bonds. The van der Waals surface area contributed by atoms with Gasteiger partial charge < -0.3 is 14.8 Å². The Kier molecular flexibility index (Phi) is 7.34.